The highest BCUT2D eigenvalue weighted by molar-refractivity contribution is 5.84. The van der Waals surface area contributed by atoms with E-state index in [0.29, 0.717) is 31.5 Å². The van der Waals surface area contributed by atoms with Crippen LogP contribution in [0.4, 0.5) is 4.39 Å². The summed E-state index contributed by atoms with van der Waals surface area (Å²) in [5.41, 5.74) is 1.97. The number of ketones is 1. The Hall–Kier alpha value is -2.77. The van der Waals surface area contributed by atoms with Crippen LogP contribution in [0, 0.1) is 0 Å². The van der Waals surface area contributed by atoms with Gasteiger partial charge in [-0.1, -0.05) is 42.5 Å². The first-order valence-corrected chi connectivity index (χ1v) is 9.87. The fraction of sp³-hybridized carbons (Fsp3) is 0.364. The molecule has 4 rings (SSSR count). The van der Waals surface area contributed by atoms with Crippen molar-refractivity contribution in [3.8, 4) is 0 Å². The van der Waals surface area contributed by atoms with Gasteiger partial charge in [0, 0.05) is 19.1 Å². The lowest BCUT2D eigenvalue weighted by Crippen LogP contribution is -2.42. The molecule has 2 unspecified atom stereocenters. The number of aromatic nitrogens is 2. The van der Waals surface area contributed by atoms with Gasteiger partial charge in [-0.2, -0.15) is 0 Å². The van der Waals surface area contributed by atoms with Crippen LogP contribution in [0.3, 0.4) is 0 Å². The molecule has 0 spiro atoms. The second-order valence-corrected chi connectivity index (χ2v) is 7.50. The SMILES string of the molecule is O=C(CC(F)N1CCC(n2c(=O)[nH]c3ccccc32)CC1)C(O)c1ccccc1. The third-order valence-electron chi connectivity index (χ3n) is 5.67. The van der Waals surface area contributed by atoms with E-state index in [1.165, 1.54) is 0 Å². The van der Waals surface area contributed by atoms with Crippen LogP contribution >= 0.6 is 0 Å². The van der Waals surface area contributed by atoms with Crippen molar-refractivity contribution in [3.05, 3.63) is 70.6 Å². The Kier molecular flexibility index (Phi) is 5.60. The van der Waals surface area contributed by atoms with Gasteiger partial charge in [0.1, 0.15) is 6.10 Å². The number of hydrogen-bond acceptors (Lipinski definition) is 4. The van der Waals surface area contributed by atoms with Crippen LogP contribution in [0.25, 0.3) is 11.0 Å². The summed E-state index contributed by atoms with van der Waals surface area (Å²) in [6, 6.07) is 16.1. The number of carbonyl (C=O) groups excluding carboxylic acids is 1. The number of halogens is 1. The Morgan fingerprint density at radius 1 is 1.10 bits per heavy atom. The minimum atomic E-state index is -1.44. The number of benzene rings is 2. The maximum absolute atomic E-state index is 14.7. The molecular formula is C22H24FN3O3. The molecule has 0 bridgehead atoms. The van der Waals surface area contributed by atoms with Gasteiger partial charge in [0.2, 0.25) is 0 Å². The number of H-pyrrole nitrogens is 1. The molecule has 0 amide bonds. The molecule has 1 aliphatic rings. The molecule has 1 fully saturated rings. The van der Waals surface area contributed by atoms with Crippen LogP contribution in [0.1, 0.15) is 37.0 Å². The quantitative estimate of drug-likeness (QED) is 0.627. The number of aliphatic hydroxyl groups is 1. The molecule has 1 aliphatic heterocycles. The maximum Gasteiger partial charge on any atom is 0.326 e. The van der Waals surface area contributed by atoms with Gasteiger partial charge in [0.15, 0.2) is 12.1 Å². The number of aliphatic hydroxyl groups excluding tert-OH is 1. The van der Waals surface area contributed by atoms with E-state index in [2.05, 4.69) is 4.98 Å². The van der Waals surface area contributed by atoms with Crippen molar-refractivity contribution in [2.24, 2.45) is 0 Å². The van der Waals surface area contributed by atoms with Crippen molar-refractivity contribution in [2.75, 3.05) is 13.1 Å². The number of nitrogens with one attached hydrogen (secondary N) is 1. The number of piperidine rings is 1. The molecule has 152 valence electrons. The molecule has 2 atom stereocenters. The van der Waals surface area contributed by atoms with Crippen LogP contribution < -0.4 is 5.69 Å². The summed E-state index contributed by atoms with van der Waals surface area (Å²) in [5, 5.41) is 10.2. The standard InChI is InChI=1S/C22H24FN3O3/c23-20(14-19(27)21(28)15-6-2-1-3-7-15)25-12-10-16(11-13-25)26-18-9-5-4-8-17(18)24-22(26)29/h1-9,16,20-21,28H,10-14H2,(H,24,29). The lowest BCUT2D eigenvalue weighted by atomic mass is 10.0. The van der Waals surface area contributed by atoms with Gasteiger partial charge in [0.05, 0.1) is 17.5 Å². The number of rotatable bonds is 6. The lowest BCUT2D eigenvalue weighted by molar-refractivity contribution is -0.130. The largest absolute Gasteiger partial charge is 0.381 e. The van der Waals surface area contributed by atoms with Gasteiger partial charge in [-0.15, -0.1) is 0 Å². The highest BCUT2D eigenvalue weighted by Gasteiger charge is 2.30. The zero-order valence-corrected chi connectivity index (χ0v) is 16.0. The van der Waals surface area contributed by atoms with Crippen molar-refractivity contribution < 1.29 is 14.3 Å². The van der Waals surface area contributed by atoms with Crippen LogP contribution in [-0.2, 0) is 4.79 Å². The van der Waals surface area contributed by atoms with Crippen molar-refractivity contribution >= 4 is 16.8 Å². The minimum absolute atomic E-state index is 0.00675. The third kappa shape index (κ3) is 4.02. The second kappa shape index (κ2) is 8.31. The Morgan fingerprint density at radius 3 is 2.48 bits per heavy atom. The molecule has 7 heteroatoms. The topological polar surface area (TPSA) is 78.3 Å². The number of fused-ring (bicyclic) bond motifs is 1. The Balaban J connectivity index is 1.37. The average molecular weight is 397 g/mol. The number of Topliss-reactive ketones (excluding diaryl/α,β-unsaturated/α-hetero) is 1. The maximum atomic E-state index is 14.7. The predicted octanol–water partition coefficient (Wildman–Crippen LogP) is 2.95. The number of nitrogens with zero attached hydrogens (tertiary/aromatic N) is 2. The van der Waals surface area contributed by atoms with Gasteiger partial charge in [-0.05, 0) is 30.5 Å². The fourth-order valence-corrected chi connectivity index (χ4v) is 4.09. The summed E-state index contributed by atoms with van der Waals surface area (Å²) in [6.45, 7) is 0.902. The zero-order chi connectivity index (χ0) is 20.4. The molecule has 29 heavy (non-hydrogen) atoms. The highest BCUT2D eigenvalue weighted by Crippen LogP contribution is 2.27. The van der Waals surface area contributed by atoms with Gasteiger partial charge in [-0.25, -0.2) is 9.18 Å². The van der Waals surface area contributed by atoms with E-state index in [0.717, 1.165) is 11.0 Å². The summed E-state index contributed by atoms with van der Waals surface area (Å²) in [6.07, 6.45) is -1.86. The summed E-state index contributed by atoms with van der Waals surface area (Å²) in [7, 11) is 0. The molecule has 2 heterocycles. The average Bonchev–Trinajstić information content (AvgIpc) is 3.09. The number of carbonyl (C=O) groups is 1. The summed E-state index contributed by atoms with van der Waals surface area (Å²) < 4.78 is 16.5. The van der Waals surface area contributed by atoms with E-state index in [1.807, 2.05) is 24.3 Å². The predicted molar refractivity (Wildman–Crippen MR) is 108 cm³/mol. The van der Waals surface area contributed by atoms with Crippen molar-refractivity contribution in [3.63, 3.8) is 0 Å². The van der Waals surface area contributed by atoms with Gasteiger partial charge < -0.3 is 10.1 Å². The van der Waals surface area contributed by atoms with E-state index >= 15 is 0 Å². The molecule has 2 N–H and O–H groups in total. The van der Waals surface area contributed by atoms with Crippen LogP contribution in [0.5, 0.6) is 0 Å². The minimum Gasteiger partial charge on any atom is -0.381 e. The van der Waals surface area contributed by atoms with Crippen molar-refractivity contribution in [2.45, 2.75) is 37.7 Å². The van der Waals surface area contributed by atoms with Crippen molar-refractivity contribution in [1.29, 1.82) is 0 Å². The Labute approximate surface area is 167 Å². The van der Waals surface area contributed by atoms with Crippen LogP contribution in [0.15, 0.2) is 59.4 Å². The lowest BCUT2D eigenvalue weighted by Gasteiger charge is -2.34. The number of likely N-dealkylation sites (tertiary alicyclic amines) is 1. The van der Waals surface area contributed by atoms with Gasteiger partial charge in [-0.3, -0.25) is 14.3 Å². The first-order chi connectivity index (χ1) is 14.0. The van der Waals surface area contributed by atoms with Gasteiger partial charge in [0.25, 0.3) is 0 Å². The van der Waals surface area contributed by atoms with E-state index in [1.54, 1.807) is 39.8 Å². The molecule has 0 radical (unpaired) electrons. The molecule has 2 aromatic carbocycles. The molecule has 1 saturated heterocycles. The first-order valence-electron chi connectivity index (χ1n) is 9.87. The second-order valence-electron chi connectivity index (χ2n) is 7.50. The highest BCUT2D eigenvalue weighted by atomic mass is 19.1. The number of imidazole rings is 1. The molecule has 3 aromatic rings. The number of hydrogen-bond donors (Lipinski definition) is 2. The monoisotopic (exact) mass is 397 g/mol. The Morgan fingerprint density at radius 2 is 1.76 bits per heavy atom. The normalized spacial score (nSPS) is 18.0. The molecule has 0 saturated carbocycles. The Bertz CT molecular complexity index is 1040. The zero-order valence-electron chi connectivity index (χ0n) is 16.0. The smallest absolute Gasteiger partial charge is 0.326 e. The van der Waals surface area contributed by atoms with E-state index in [9.17, 15) is 19.1 Å². The molecule has 6 nitrogen and oxygen atoms in total. The van der Waals surface area contributed by atoms with Gasteiger partial charge >= 0.3 is 5.69 Å². The number of aromatic amines is 1. The molecule has 0 aliphatic carbocycles. The summed E-state index contributed by atoms with van der Waals surface area (Å²) in [4.78, 5) is 29.1. The summed E-state index contributed by atoms with van der Waals surface area (Å²) in [5.74, 6) is -0.529. The molecule has 1 aromatic heterocycles. The number of para-hydroxylation sites is 2. The molecular weight excluding hydrogens is 373 g/mol. The third-order valence-corrected chi connectivity index (χ3v) is 5.67. The fourth-order valence-electron chi connectivity index (χ4n) is 4.09. The summed E-state index contributed by atoms with van der Waals surface area (Å²) >= 11 is 0. The number of alkyl halides is 1. The van der Waals surface area contributed by atoms with Crippen molar-refractivity contribution in [1.82, 2.24) is 14.5 Å². The van der Waals surface area contributed by atoms with E-state index in [4.69, 9.17) is 0 Å². The van der Waals surface area contributed by atoms with Crippen LogP contribution in [-0.4, -0.2) is 44.7 Å². The van der Waals surface area contributed by atoms with E-state index < -0.39 is 18.2 Å². The van der Waals surface area contributed by atoms with Crippen LogP contribution in [0.2, 0.25) is 0 Å². The first kappa shape index (κ1) is 19.5. The van der Waals surface area contributed by atoms with E-state index in [-0.39, 0.29) is 18.2 Å².